The van der Waals surface area contributed by atoms with Gasteiger partial charge >= 0.3 is 0 Å². The number of aliphatic hydroxyl groups is 1. The van der Waals surface area contributed by atoms with Gasteiger partial charge in [0.1, 0.15) is 23.2 Å². The Bertz CT molecular complexity index is 1100. The highest BCUT2D eigenvalue weighted by molar-refractivity contribution is 5.71. The van der Waals surface area contributed by atoms with Gasteiger partial charge in [0.2, 0.25) is 0 Å². The van der Waals surface area contributed by atoms with Crippen LogP contribution in [0.1, 0.15) is 30.2 Å². The van der Waals surface area contributed by atoms with Gasteiger partial charge in [-0.15, -0.1) is 0 Å². The van der Waals surface area contributed by atoms with Crippen LogP contribution in [0.5, 0.6) is 5.75 Å². The third-order valence-corrected chi connectivity index (χ3v) is 3.68. The maximum absolute atomic E-state index is 12.9. The summed E-state index contributed by atoms with van der Waals surface area (Å²) in [6, 6.07) is 2.52. The van der Waals surface area contributed by atoms with Crippen molar-refractivity contribution in [3.05, 3.63) is 36.5 Å². The molecule has 9 nitrogen and oxygen atoms in total. The van der Waals surface area contributed by atoms with E-state index in [2.05, 4.69) is 25.4 Å². The standard InChI is InChI=1S/C18H21F2N7O2/c1-18(2,28)9-27-8-10(6-23-27)11-7-22-14(4-12(11)29-3)25-15-5-13(21)24-17(26-15)16(19)20/h4-8,16,28H,9H2,1-3H3,(H3,21,22,24,25,26)/i3D3. The molecule has 0 atom stereocenters. The lowest BCUT2D eigenvalue weighted by Crippen LogP contribution is -2.26. The van der Waals surface area contributed by atoms with Crippen molar-refractivity contribution in [1.82, 2.24) is 24.7 Å². The Labute approximate surface area is 169 Å². The van der Waals surface area contributed by atoms with Crippen molar-refractivity contribution in [2.24, 2.45) is 0 Å². The van der Waals surface area contributed by atoms with Crippen LogP contribution in [0.3, 0.4) is 0 Å². The summed E-state index contributed by atoms with van der Waals surface area (Å²) >= 11 is 0. The summed E-state index contributed by atoms with van der Waals surface area (Å²) in [4.78, 5) is 11.3. The van der Waals surface area contributed by atoms with Crippen molar-refractivity contribution in [3.63, 3.8) is 0 Å². The maximum atomic E-state index is 12.9. The molecule has 0 saturated carbocycles. The lowest BCUT2D eigenvalue weighted by atomic mass is 10.1. The molecule has 0 aliphatic carbocycles. The van der Waals surface area contributed by atoms with Crippen molar-refractivity contribution in [3.8, 4) is 16.9 Å². The van der Waals surface area contributed by atoms with Gasteiger partial charge < -0.3 is 20.9 Å². The molecule has 3 aromatic rings. The minimum Gasteiger partial charge on any atom is -0.496 e. The number of aromatic nitrogens is 5. The van der Waals surface area contributed by atoms with Gasteiger partial charge in [-0.3, -0.25) is 4.68 Å². The highest BCUT2D eigenvalue weighted by atomic mass is 19.3. The molecular weight excluding hydrogens is 384 g/mol. The number of ether oxygens (including phenoxy) is 1. The van der Waals surface area contributed by atoms with E-state index in [1.807, 2.05) is 0 Å². The minimum atomic E-state index is -2.93. The summed E-state index contributed by atoms with van der Waals surface area (Å²) < 4.78 is 54.8. The Morgan fingerprint density at radius 2 is 2.10 bits per heavy atom. The van der Waals surface area contributed by atoms with E-state index >= 15 is 0 Å². The number of nitrogen functional groups attached to an aromatic ring is 1. The van der Waals surface area contributed by atoms with E-state index in [-0.39, 0.29) is 29.7 Å². The van der Waals surface area contributed by atoms with Gasteiger partial charge in [0.15, 0.2) is 5.82 Å². The van der Waals surface area contributed by atoms with Crippen molar-refractivity contribution in [2.45, 2.75) is 32.4 Å². The van der Waals surface area contributed by atoms with Crippen LogP contribution in [0.15, 0.2) is 30.7 Å². The zero-order chi connectivity index (χ0) is 23.7. The normalized spacial score (nSPS) is 13.7. The first kappa shape index (κ1) is 16.6. The summed E-state index contributed by atoms with van der Waals surface area (Å²) in [5.41, 5.74) is 5.35. The van der Waals surface area contributed by atoms with E-state index in [1.54, 1.807) is 20.0 Å². The number of rotatable bonds is 7. The highest BCUT2D eigenvalue weighted by Gasteiger charge is 2.17. The Balaban J connectivity index is 1.96. The molecule has 0 radical (unpaired) electrons. The van der Waals surface area contributed by atoms with Gasteiger partial charge in [-0.1, -0.05) is 0 Å². The van der Waals surface area contributed by atoms with Crippen molar-refractivity contribution in [1.29, 1.82) is 0 Å². The number of methoxy groups -OCH3 is 1. The Morgan fingerprint density at radius 1 is 1.31 bits per heavy atom. The molecule has 0 saturated heterocycles. The van der Waals surface area contributed by atoms with E-state index in [9.17, 15) is 13.9 Å². The number of nitrogens with two attached hydrogens (primary N) is 1. The molecule has 0 bridgehead atoms. The molecule has 3 aromatic heterocycles. The minimum absolute atomic E-state index is 0.0501. The number of halogens is 2. The fourth-order valence-corrected chi connectivity index (χ4v) is 2.57. The molecule has 0 aliphatic rings. The van der Waals surface area contributed by atoms with Crippen LogP contribution >= 0.6 is 0 Å². The van der Waals surface area contributed by atoms with Crippen LogP contribution in [-0.4, -0.2) is 42.5 Å². The van der Waals surface area contributed by atoms with E-state index in [4.69, 9.17) is 14.6 Å². The van der Waals surface area contributed by atoms with Crippen molar-refractivity contribution >= 4 is 17.5 Å². The van der Waals surface area contributed by atoms with Gasteiger partial charge in [0.05, 0.1) is 29.5 Å². The van der Waals surface area contributed by atoms with Crippen LogP contribution in [0.25, 0.3) is 11.1 Å². The Morgan fingerprint density at radius 3 is 2.79 bits per heavy atom. The first-order valence-electron chi connectivity index (χ1n) is 9.93. The lowest BCUT2D eigenvalue weighted by Gasteiger charge is -2.16. The Kier molecular flexibility index (Phi) is 4.55. The fourth-order valence-electron chi connectivity index (χ4n) is 2.57. The topological polar surface area (TPSA) is 124 Å². The second-order valence-electron chi connectivity index (χ2n) is 6.87. The molecule has 0 fully saturated rings. The monoisotopic (exact) mass is 408 g/mol. The molecular formula is C18H21F2N7O2. The first-order chi connectivity index (χ1) is 14.8. The molecule has 0 spiro atoms. The molecule has 11 heteroatoms. The zero-order valence-corrected chi connectivity index (χ0v) is 15.6. The summed E-state index contributed by atoms with van der Waals surface area (Å²) in [5, 5.41) is 16.8. The molecule has 3 rings (SSSR count). The number of pyridine rings is 1. The number of hydrogen-bond acceptors (Lipinski definition) is 8. The van der Waals surface area contributed by atoms with E-state index in [0.717, 1.165) is 0 Å². The van der Waals surface area contributed by atoms with Gasteiger partial charge in [-0.05, 0) is 13.8 Å². The summed E-state index contributed by atoms with van der Waals surface area (Å²) in [5.74, 6) is -0.961. The number of nitrogens with zero attached hydrogens (tertiary/aromatic N) is 5. The molecule has 29 heavy (non-hydrogen) atoms. The molecule has 0 aliphatic heterocycles. The van der Waals surface area contributed by atoms with E-state index in [1.165, 1.54) is 29.2 Å². The molecule has 154 valence electrons. The second kappa shape index (κ2) is 7.95. The van der Waals surface area contributed by atoms with E-state index in [0.29, 0.717) is 11.1 Å². The first-order valence-corrected chi connectivity index (χ1v) is 8.43. The summed E-state index contributed by atoms with van der Waals surface area (Å²) in [7, 11) is -2.77. The van der Waals surface area contributed by atoms with Gasteiger partial charge in [0, 0.05) is 35.7 Å². The third kappa shape index (κ3) is 5.13. The lowest BCUT2D eigenvalue weighted by molar-refractivity contribution is 0.0577. The van der Waals surface area contributed by atoms with Crippen LogP contribution in [0, 0.1) is 0 Å². The SMILES string of the molecule is [2H]C([2H])([2H])Oc1cc(Nc2cc(N)nc(C(F)F)n2)ncc1-c1cnn(CC(C)(C)O)c1. The van der Waals surface area contributed by atoms with Gasteiger partial charge in [-0.2, -0.15) is 5.10 Å². The predicted octanol–water partition coefficient (Wildman–Crippen LogP) is 2.78. The number of hydrogen-bond donors (Lipinski definition) is 3. The van der Waals surface area contributed by atoms with Crippen LogP contribution in [0.4, 0.5) is 26.2 Å². The van der Waals surface area contributed by atoms with Crippen LogP contribution in [-0.2, 0) is 6.54 Å². The zero-order valence-electron chi connectivity index (χ0n) is 18.6. The molecule has 0 aromatic carbocycles. The van der Waals surface area contributed by atoms with Crippen LogP contribution < -0.4 is 15.8 Å². The molecule has 3 heterocycles. The third-order valence-electron chi connectivity index (χ3n) is 3.68. The average molecular weight is 408 g/mol. The van der Waals surface area contributed by atoms with Crippen molar-refractivity contribution in [2.75, 3.05) is 18.1 Å². The Hall–Kier alpha value is -3.34. The average Bonchev–Trinajstić information content (AvgIpc) is 3.06. The van der Waals surface area contributed by atoms with E-state index < -0.39 is 24.9 Å². The number of nitrogens with one attached hydrogen (secondary N) is 1. The van der Waals surface area contributed by atoms with Crippen molar-refractivity contribution < 1.29 is 22.7 Å². The smallest absolute Gasteiger partial charge is 0.297 e. The predicted molar refractivity (Wildman–Crippen MR) is 103 cm³/mol. The molecule has 0 unspecified atom stereocenters. The summed E-state index contributed by atoms with van der Waals surface area (Å²) in [6.45, 7) is 3.45. The van der Waals surface area contributed by atoms with Crippen LogP contribution in [0.2, 0.25) is 0 Å². The maximum Gasteiger partial charge on any atom is 0.297 e. The molecule has 0 amide bonds. The largest absolute Gasteiger partial charge is 0.496 e. The highest BCUT2D eigenvalue weighted by Crippen LogP contribution is 2.32. The number of alkyl halides is 2. The van der Waals surface area contributed by atoms with Gasteiger partial charge in [0.25, 0.3) is 6.43 Å². The fraction of sp³-hybridized carbons (Fsp3) is 0.333. The number of anilines is 3. The quantitative estimate of drug-likeness (QED) is 0.545. The second-order valence-corrected chi connectivity index (χ2v) is 6.87. The molecule has 4 N–H and O–H groups in total. The summed E-state index contributed by atoms with van der Waals surface area (Å²) in [6.07, 6.45) is 1.49. The van der Waals surface area contributed by atoms with Gasteiger partial charge in [-0.25, -0.2) is 23.7 Å².